The number of carbonyl (C=O) groups is 1. The Morgan fingerprint density at radius 1 is 1.14 bits per heavy atom. The van der Waals surface area contributed by atoms with Crippen LogP contribution in [0.25, 0.3) is 0 Å². The van der Waals surface area contributed by atoms with Gasteiger partial charge in [0.25, 0.3) is 0 Å². The highest BCUT2D eigenvalue weighted by molar-refractivity contribution is 8.00. The minimum absolute atomic E-state index is 0.0489. The predicted molar refractivity (Wildman–Crippen MR) is 90.9 cm³/mol. The summed E-state index contributed by atoms with van der Waals surface area (Å²) in [4.78, 5) is 13.5. The molecule has 0 bridgehead atoms. The topological polar surface area (TPSA) is 29.1 Å². The van der Waals surface area contributed by atoms with Gasteiger partial charge in [0.05, 0.1) is 5.25 Å². The number of amides is 1. The normalized spacial score (nSPS) is 12.0. The van der Waals surface area contributed by atoms with Crippen molar-refractivity contribution in [3.63, 3.8) is 0 Å². The van der Waals surface area contributed by atoms with E-state index in [0.717, 1.165) is 22.6 Å². The molecule has 0 aliphatic rings. The summed E-state index contributed by atoms with van der Waals surface area (Å²) in [6.45, 7) is 6.08. The van der Waals surface area contributed by atoms with E-state index in [-0.39, 0.29) is 11.2 Å². The summed E-state index contributed by atoms with van der Waals surface area (Å²) in [6, 6.07) is 16.1. The molecule has 2 aromatic carbocycles. The molecule has 0 aliphatic heterocycles. The van der Waals surface area contributed by atoms with Gasteiger partial charge in [0.1, 0.15) is 0 Å². The maximum Gasteiger partial charge on any atom is 0.237 e. The van der Waals surface area contributed by atoms with Crippen LogP contribution in [-0.2, 0) is 11.2 Å². The van der Waals surface area contributed by atoms with Gasteiger partial charge in [0.2, 0.25) is 5.91 Å². The Kier molecular flexibility index (Phi) is 5.45. The smallest absolute Gasteiger partial charge is 0.237 e. The Labute approximate surface area is 131 Å². The van der Waals surface area contributed by atoms with Crippen molar-refractivity contribution in [1.29, 1.82) is 0 Å². The predicted octanol–water partition coefficient (Wildman–Crippen LogP) is 4.68. The van der Waals surface area contributed by atoms with Gasteiger partial charge in [-0.1, -0.05) is 43.3 Å². The van der Waals surface area contributed by atoms with Crippen molar-refractivity contribution in [3.8, 4) is 0 Å². The number of aryl methyl sites for hydroxylation is 2. The first-order valence-corrected chi connectivity index (χ1v) is 8.10. The average molecular weight is 299 g/mol. The lowest BCUT2D eigenvalue weighted by atomic mass is 10.1. The molecule has 0 spiro atoms. The molecule has 110 valence electrons. The second kappa shape index (κ2) is 7.32. The van der Waals surface area contributed by atoms with E-state index < -0.39 is 0 Å². The van der Waals surface area contributed by atoms with Crippen LogP contribution in [0.15, 0.2) is 53.4 Å². The molecule has 0 saturated carbocycles. The molecule has 0 aliphatic carbocycles. The van der Waals surface area contributed by atoms with Crippen molar-refractivity contribution in [2.45, 2.75) is 37.3 Å². The standard InChI is InChI=1S/C18H21NOS/c1-4-15-10-8-9-13(2)17(15)19-18(20)14(3)21-16-11-6-5-7-12-16/h5-12,14H,4H2,1-3H3,(H,19,20)/t14-/m1/s1. The number of hydrogen-bond acceptors (Lipinski definition) is 2. The van der Waals surface area contributed by atoms with Crippen LogP contribution in [0, 0.1) is 6.92 Å². The molecule has 0 fully saturated rings. The number of rotatable bonds is 5. The number of benzene rings is 2. The van der Waals surface area contributed by atoms with Crippen LogP contribution >= 0.6 is 11.8 Å². The average Bonchev–Trinajstić information content (AvgIpc) is 2.50. The molecule has 0 unspecified atom stereocenters. The first-order valence-electron chi connectivity index (χ1n) is 7.23. The zero-order valence-corrected chi connectivity index (χ0v) is 13.5. The quantitative estimate of drug-likeness (QED) is 0.812. The maximum absolute atomic E-state index is 12.4. The first-order chi connectivity index (χ1) is 10.1. The fourth-order valence-electron chi connectivity index (χ4n) is 2.18. The Bertz CT molecular complexity index is 610. The van der Waals surface area contributed by atoms with E-state index in [1.54, 1.807) is 11.8 Å². The maximum atomic E-state index is 12.4. The Hall–Kier alpha value is -1.74. The molecule has 0 aromatic heterocycles. The zero-order valence-electron chi connectivity index (χ0n) is 12.7. The molecule has 1 atom stereocenters. The summed E-state index contributed by atoms with van der Waals surface area (Å²) >= 11 is 1.58. The first kappa shape index (κ1) is 15.6. The van der Waals surface area contributed by atoms with Gasteiger partial charge in [-0.3, -0.25) is 4.79 Å². The fourth-order valence-corrected chi connectivity index (χ4v) is 3.07. The third-order valence-electron chi connectivity index (χ3n) is 3.41. The highest BCUT2D eigenvalue weighted by Crippen LogP contribution is 2.26. The van der Waals surface area contributed by atoms with Crippen molar-refractivity contribution in [2.24, 2.45) is 0 Å². The van der Waals surface area contributed by atoms with E-state index in [4.69, 9.17) is 0 Å². The van der Waals surface area contributed by atoms with Crippen molar-refractivity contribution in [2.75, 3.05) is 5.32 Å². The van der Waals surface area contributed by atoms with Gasteiger partial charge in [-0.05, 0) is 43.5 Å². The van der Waals surface area contributed by atoms with Gasteiger partial charge in [-0.15, -0.1) is 11.8 Å². The number of carbonyl (C=O) groups excluding carboxylic acids is 1. The van der Waals surface area contributed by atoms with E-state index in [1.807, 2.05) is 56.3 Å². The Morgan fingerprint density at radius 3 is 2.52 bits per heavy atom. The molecular weight excluding hydrogens is 278 g/mol. The number of anilines is 1. The molecule has 3 heteroatoms. The molecular formula is C18H21NOS. The van der Waals surface area contributed by atoms with Crippen LogP contribution in [0.2, 0.25) is 0 Å². The van der Waals surface area contributed by atoms with Crippen LogP contribution in [0.3, 0.4) is 0 Å². The van der Waals surface area contributed by atoms with E-state index >= 15 is 0 Å². The minimum atomic E-state index is -0.128. The Morgan fingerprint density at radius 2 is 1.86 bits per heavy atom. The highest BCUT2D eigenvalue weighted by atomic mass is 32.2. The fraction of sp³-hybridized carbons (Fsp3) is 0.278. The zero-order chi connectivity index (χ0) is 15.2. The minimum Gasteiger partial charge on any atom is -0.325 e. The molecule has 1 N–H and O–H groups in total. The SMILES string of the molecule is CCc1cccc(C)c1NC(=O)[C@@H](C)Sc1ccccc1. The second-order valence-corrected chi connectivity index (χ2v) is 6.44. The lowest BCUT2D eigenvalue weighted by Crippen LogP contribution is -2.23. The van der Waals surface area contributed by atoms with Crippen molar-refractivity contribution in [3.05, 3.63) is 59.7 Å². The third-order valence-corrected chi connectivity index (χ3v) is 4.53. The van der Waals surface area contributed by atoms with E-state index in [2.05, 4.69) is 18.3 Å². The van der Waals surface area contributed by atoms with Crippen molar-refractivity contribution < 1.29 is 4.79 Å². The molecule has 0 radical (unpaired) electrons. The van der Waals surface area contributed by atoms with E-state index in [1.165, 1.54) is 5.56 Å². The largest absolute Gasteiger partial charge is 0.325 e. The van der Waals surface area contributed by atoms with Gasteiger partial charge in [-0.25, -0.2) is 0 Å². The monoisotopic (exact) mass is 299 g/mol. The molecule has 21 heavy (non-hydrogen) atoms. The van der Waals surface area contributed by atoms with Gasteiger partial charge in [-0.2, -0.15) is 0 Å². The van der Waals surface area contributed by atoms with Crippen molar-refractivity contribution in [1.82, 2.24) is 0 Å². The van der Waals surface area contributed by atoms with Crippen LogP contribution < -0.4 is 5.32 Å². The second-order valence-electron chi connectivity index (χ2n) is 5.02. The molecule has 0 saturated heterocycles. The van der Waals surface area contributed by atoms with Crippen molar-refractivity contribution >= 4 is 23.4 Å². The molecule has 2 nitrogen and oxygen atoms in total. The van der Waals surface area contributed by atoms with Gasteiger partial charge >= 0.3 is 0 Å². The van der Waals surface area contributed by atoms with Gasteiger partial charge in [0.15, 0.2) is 0 Å². The summed E-state index contributed by atoms with van der Waals surface area (Å²) in [5.74, 6) is 0.0489. The van der Waals surface area contributed by atoms with E-state index in [9.17, 15) is 4.79 Å². The van der Waals surface area contributed by atoms with Gasteiger partial charge in [0, 0.05) is 10.6 Å². The number of hydrogen-bond donors (Lipinski definition) is 1. The summed E-state index contributed by atoms with van der Waals surface area (Å²) < 4.78 is 0. The van der Waals surface area contributed by atoms with Crippen LogP contribution in [0.4, 0.5) is 5.69 Å². The number of para-hydroxylation sites is 1. The van der Waals surface area contributed by atoms with Crippen LogP contribution in [0.5, 0.6) is 0 Å². The summed E-state index contributed by atoms with van der Waals surface area (Å²) in [5.41, 5.74) is 3.25. The third kappa shape index (κ3) is 4.11. The lowest BCUT2D eigenvalue weighted by molar-refractivity contribution is -0.115. The van der Waals surface area contributed by atoms with Gasteiger partial charge < -0.3 is 5.32 Å². The van der Waals surface area contributed by atoms with E-state index in [0.29, 0.717) is 0 Å². The molecule has 2 rings (SSSR count). The Balaban J connectivity index is 2.08. The number of thioether (sulfide) groups is 1. The number of nitrogens with one attached hydrogen (secondary N) is 1. The van der Waals surface area contributed by atoms with Crippen LogP contribution in [0.1, 0.15) is 25.0 Å². The molecule has 0 heterocycles. The molecule has 2 aromatic rings. The van der Waals surface area contributed by atoms with Crippen LogP contribution in [-0.4, -0.2) is 11.2 Å². The summed E-state index contributed by atoms with van der Waals surface area (Å²) in [5, 5.41) is 2.96. The lowest BCUT2D eigenvalue weighted by Gasteiger charge is -2.16. The molecule has 1 amide bonds. The highest BCUT2D eigenvalue weighted by Gasteiger charge is 2.16. The summed E-state index contributed by atoms with van der Waals surface area (Å²) in [6.07, 6.45) is 0.914. The summed E-state index contributed by atoms with van der Waals surface area (Å²) in [7, 11) is 0.